The first-order valence-electron chi connectivity index (χ1n) is 10.5. The van der Waals surface area contributed by atoms with Crippen molar-refractivity contribution in [1.82, 2.24) is 4.98 Å². The Morgan fingerprint density at radius 3 is 1.72 bits per heavy atom. The van der Waals surface area contributed by atoms with E-state index in [9.17, 15) is 4.79 Å². The van der Waals surface area contributed by atoms with Gasteiger partial charge >= 0.3 is 5.97 Å². The van der Waals surface area contributed by atoms with Crippen LogP contribution in [0.3, 0.4) is 0 Å². The lowest BCUT2D eigenvalue weighted by atomic mass is 10.0. The van der Waals surface area contributed by atoms with Crippen LogP contribution >= 0.6 is 0 Å². The third kappa shape index (κ3) is 5.78. The second-order valence-electron chi connectivity index (χ2n) is 7.42. The zero-order chi connectivity index (χ0) is 22.9. The molecular formula is C26H29NO5. The molecule has 0 aliphatic rings. The molecule has 6 heteroatoms. The Hall–Kier alpha value is -3.54. The summed E-state index contributed by atoms with van der Waals surface area (Å²) in [5.41, 5.74) is 5.20. The van der Waals surface area contributed by atoms with Gasteiger partial charge in [0, 0.05) is 12.4 Å². The quantitative estimate of drug-likeness (QED) is 0.438. The molecule has 0 aliphatic heterocycles. The van der Waals surface area contributed by atoms with Crippen molar-refractivity contribution in [2.24, 2.45) is 0 Å². The molecular weight excluding hydrogens is 406 g/mol. The number of esters is 1. The van der Waals surface area contributed by atoms with Crippen LogP contribution in [0, 0.1) is 0 Å². The van der Waals surface area contributed by atoms with E-state index in [1.54, 1.807) is 33.5 Å². The molecule has 3 aromatic rings. The SMILES string of the molecule is COC(=O)c1ccc(CCc2cncc(CCc3cc(OC)c(OC)c(OC)c3)c2)cc1. The molecule has 0 N–H and O–H groups in total. The van der Waals surface area contributed by atoms with Crippen molar-refractivity contribution >= 4 is 5.97 Å². The number of carbonyl (C=O) groups excluding carboxylic acids is 1. The van der Waals surface area contributed by atoms with Gasteiger partial charge in [-0.25, -0.2) is 4.79 Å². The molecule has 32 heavy (non-hydrogen) atoms. The monoisotopic (exact) mass is 435 g/mol. The summed E-state index contributed by atoms with van der Waals surface area (Å²) in [4.78, 5) is 16.0. The maximum absolute atomic E-state index is 11.6. The minimum atomic E-state index is -0.319. The van der Waals surface area contributed by atoms with Crippen molar-refractivity contribution in [2.45, 2.75) is 25.7 Å². The lowest BCUT2D eigenvalue weighted by molar-refractivity contribution is 0.0600. The van der Waals surface area contributed by atoms with Crippen LogP contribution in [0.25, 0.3) is 0 Å². The van der Waals surface area contributed by atoms with Crippen LogP contribution in [-0.4, -0.2) is 39.4 Å². The summed E-state index contributed by atoms with van der Waals surface area (Å²) in [6, 6.07) is 13.7. The van der Waals surface area contributed by atoms with Crippen LogP contribution < -0.4 is 14.2 Å². The zero-order valence-corrected chi connectivity index (χ0v) is 19.0. The molecule has 0 amide bonds. The maximum atomic E-state index is 11.6. The smallest absolute Gasteiger partial charge is 0.337 e. The molecule has 3 rings (SSSR count). The van der Waals surface area contributed by atoms with E-state index in [-0.39, 0.29) is 5.97 Å². The Morgan fingerprint density at radius 2 is 1.22 bits per heavy atom. The molecule has 168 valence electrons. The first-order chi connectivity index (χ1) is 15.6. The van der Waals surface area contributed by atoms with Gasteiger partial charge in [-0.3, -0.25) is 4.98 Å². The van der Waals surface area contributed by atoms with Crippen molar-refractivity contribution in [2.75, 3.05) is 28.4 Å². The Kier molecular flexibility index (Phi) is 8.08. The Morgan fingerprint density at radius 1 is 0.688 bits per heavy atom. The highest BCUT2D eigenvalue weighted by Crippen LogP contribution is 2.38. The van der Waals surface area contributed by atoms with Crippen LogP contribution in [0.15, 0.2) is 54.9 Å². The van der Waals surface area contributed by atoms with Gasteiger partial charge in [-0.05, 0) is 72.2 Å². The number of pyridine rings is 1. The summed E-state index contributed by atoms with van der Waals surface area (Å²) >= 11 is 0. The van der Waals surface area contributed by atoms with E-state index in [1.165, 1.54) is 23.8 Å². The van der Waals surface area contributed by atoms with Crippen LogP contribution in [0.5, 0.6) is 17.2 Å². The highest BCUT2D eigenvalue weighted by molar-refractivity contribution is 5.89. The summed E-state index contributed by atoms with van der Waals surface area (Å²) in [5, 5.41) is 0. The number of nitrogens with zero attached hydrogens (tertiary/aromatic N) is 1. The van der Waals surface area contributed by atoms with Crippen LogP contribution in [-0.2, 0) is 30.4 Å². The van der Waals surface area contributed by atoms with Gasteiger partial charge in [0.2, 0.25) is 5.75 Å². The lowest BCUT2D eigenvalue weighted by Gasteiger charge is -2.14. The van der Waals surface area contributed by atoms with Crippen molar-refractivity contribution in [3.63, 3.8) is 0 Å². The number of methoxy groups -OCH3 is 4. The first-order valence-corrected chi connectivity index (χ1v) is 10.5. The molecule has 2 aromatic carbocycles. The molecule has 0 bridgehead atoms. The highest BCUT2D eigenvalue weighted by atomic mass is 16.5. The average molecular weight is 436 g/mol. The van der Waals surface area contributed by atoms with E-state index in [0.29, 0.717) is 22.8 Å². The third-order valence-electron chi connectivity index (χ3n) is 5.36. The fraction of sp³-hybridized carbons (Fsp3) is 0.308. The summed E-state index contributed by atoms with van der Waals surface area (Å²) in [7, 11) is 6.23. The van der Waals surface area contributed by atoms with Crippen molar-refractivity contribution in [1.29, 1.82) is 0 Å². The molecule has 1 heterocycles. The molecule has 1 aromatic heterocycles. The Balaban J connectivity index is 1.62. The largest absolute Gasteiger partial charge is 0.493 e. The van der Waals surface area contributed by atoms with Gasteiger partial charge < -0.3 is 18.9 Å². The second kappa shape index (κ2) is 11.2. The van der Waals surface area contributed by atoms with Gasteiger partial charge in [0.1, 0.15) is 0 Å². The van der Waals surface area contributed by atoms with Gasteiger partial charge in [-0.1, -0.05) is 18.2 Å². The number of hydrogen-bond donors (Lipinski definition) is 0. The summed E-state index contributed by atoms with van der Waals surface area (Å²) in [5.74, 6) is 1.60. The third-order valence-corrected chi connectivity index (χ3v) is 5.36. The van der Waals surface area contributed by atoms with Crippen molar-refractivity contribution in [3.8, 4) is 17.2 Å². The predicted molar refractivity (Wildman–Crippen MR) is 123 cm³/mol. The standard InChI is InChI=1S/C26H29NO5/c1-29-23-14-19(15-24(30-2)25(23)31-3)6-8-21-13-20(16-27-17-21)7-5-18-9-11-22(12-10-18)26(28)32-4/h9-17H,5-8H2,1-4H3. The molecule has 0 saturated carbocycles. The predicted octanol–water partition coefficient (Wildman–Crippen LogP) is 4.46. The second-order valence-corrected chi connectivity index (χ2v) is 7.42. The van der Waals surface area contributed by atoms with Crippen LogP contribution in [0.2, 0.25) is 0 Å². The number of hydrogen-bond acceptors (Lipinski definition) is 6. The van der Waals surface area contributed by atoms with Gasteiger partial charge in [0.15, 0.2) is 11.5 Å². The number of ether oxygens (including phenoxy) is 4. The number of benzene rings is 2. The minimum Gasteiger partial charge on any atom is -0.493 e. The Labute approximate surface area is 189 Å². The molecule has 0 spiro atoms. The number of rotatable bonds is 10. The fourth-order valence-electron chi connectivity index (χ4n) is 3.60. The maximum Gasteiger partial charge on any atom is 0.337 e. The molecule has 0 unspecified atom stereocenters. The van der Waals surface area contributed by atoms with E-state index in [2.05, 4.69) is 11.1 Å². The molecule has 0 aliphatic carbocycles. The summed E-state index contributed by atoms with van der Waals surface area (Å²) in [6.45, 7) is 0. The lowest BCUT2D eigenvalue weighted by Crippen LogP contribution is -2.01. The zero-order valence-electron chi connectivity index (χ0n) is 19.0. The van der Waals surface area contributed by atoms with Crippen molar-refractivity contribution in [3.05, 3.63) is 82.7 Å². The molecule has 0 fully saturated rings. The summed E-state index contributed by atoms with van der Waals surface area (Å²) in [6.07, 6.45) is 7.25. The normalized spacial score (nSPS) is 10.5. The topological polar surface area (TPSA) is 66.9 Å². The highest BCUT2D eigenvalue weighted by Gasteiger charge is 2.13. The molecule has 0 atom stereocenters. The molecule has 0 saturated heterocycles. The van der Waals surface area contributed by atoms with E-state index in [0.717, 1.165) is 31.2 Å². The first kappa shape index (κ1) is 23.1. The van der Waals surface area contributed by atoms with E-state index in [4.69, 9.17) is 18.9 Å². The molecule has 6 nitrogen and oxygen atoms in total. The van der Waals surface area contributed by atoms with E-state index in [1.807, 2.05) is 36.7 Å². The number of aromatic nitrogens is 1. The summed E-state index contributed by atoms with van der Waals surface area (Å²) < 4.78 is 21.0. The van der Waals surface area contributed by atoms with E-state index >= 15 is 0 Å². The fourth-order valence-corrected chi connectivity index (χ4v) is 3.60. The minimum absolute atomic E-state index is 0.319. The van der Waals surface area contributed by atoms with E-state index < -0.39 is 0 Å². The van der Waals surface area contributed by atoms with Crippen LogP contribution in [0.4, 0.5) is 0 Å². The van der Waals surface area contributed by atoms with Crippen molar-refractivity contribution < 1.29 is 23.7 Å². The van der Waals surface area contributed by atoms with Gasteiger partial charge in [0.05, 0.1) is 34.0 Å². The Bertz CT molecular complexity index is 1020. The van der Waals surface area contributed by atoms with Gasteiger partial charge in [-0.15, -0.1) is 0 Å². The van der Waals surface area contributed by atoms with Crippen LogP contribution in [0.1, 0.15) is 32.6 Å². The average Bonchev–Trinajstić information content (AvgIpc) is 2.85. The van der Waals surface area contributed by atoms with Gasteiger partial charge in [-0.2, -0.15) is 0 Å². The number of carbonyl (C=O) groups is 1. The molecule has 0 radical (unpaired) electrons. The van der Waals surface area contributed by atoms with Gasteiger partial charge in [0.25, 0.3) is 0 Å². The number of aryl methyl sites for hydroxylation is 4.